The third kappa shape index (κ3) is 8.07. The molecule has 2 fully saturated rings. The minimum atomic E-state index is -4.16. The Kier molecular flexibility index (Phi) is 10.3. The van der Waals surface area contributed by atoms with Gasteiger partial charge in [0, 0.05) is 39.8 Å². The van der Waals surface area contributed by atoms with E-state index >= 15 is 0 Å². The third-order valence-corrected chi connectivity index (χ3v) is 5.61. The van der Waals surface area contributed by atoms with Gasteiger partial charge in [0.1, 0.15) is 0 Å². The molecule has 0 amide bonds. The predicted molar refractivity (Wildman–Crippen MR) is 127 cm³/mol. The lowest BCUT2D eigenvalue weighted by Crippen LogP contribution is -2.50. The van der Waals surface area contributed by atoms with Crippen molar-refractivity contribution in [3.63, 3.8) is 0 Å². The molecule has 2 atom stereocenters. The summed E-state index contributed by atoms with van der Waals surface area (Å²) in [6.07, 6.45) is -3.41. The molecule has 10 heteroatoms. The Hall–Kier alpha value is -1.11. The number of nitrogens with zero attached hydrogens (tertiary/aromatic N) is 4. The van der Waals surface area contributed by atoms with Gasteiger partial charge in [-0.15, -0.1) is 24.0 Å². The quantitative estimate of drug-likeness (QED) is 0.243. The van der Waals surface area contributed by atoms with Crippen LogP contribution in [0.25, 0.3) is 0 Å². The highest BCUT2D eigenvalue weighted by molar-refractivity contribution is 14.0. The summed E-state index contributed by atoms with van der Waals surface area (Å²) in [5, 5.41) is 3.30. The maximum Gasteiger partial charge on any atom is 0.401 e. The number of ether oxygens (including phenoxy) is 1. The molecule has 176 valence electrons. The molecule has 3 rings (SSSR count). The number of aliphatic imine (C=N–C) groups is 1. The number of alkyl halides is 3. The van der Waals surface area contributed by atoms with Crippen molar-refractivity contribution in [3.05, 3.63) is 35.9 Å². The minimum Gasteiger partial charge on any atom is -0.373 e. The van der Waals surface area contributed by atoms with Crippen molar-refractivity contribution in [2.24, 2.45) is 4.99 Å². The molecule has 6 nitrogen and oxygen atoms in total. The fourth-order valence-corrected chi connectivity index (χ4v) is 4.21. The highest BCUT2D eigenvalue weighted by atomic mass is 127. The van der Waals surface area contributed by atoms with Crippen LogP contribution in [0.1, 0.15) is 12.0 Å². The van der Waals surface area contributed by atoms with Crippen LogP contribution in [0.3, 0.4) is 0 Å². The topological polar surface area (TPSA) is 43.3 Å². The Bertz CT molecular complexity index is 691. The predicted octanol–water partition coefficient (Wildman–Crippen LogP) is 2.65. The first-order chi connectivity index (χ1) is 14.4. The van der Waals surface area contributed by atoms with Crippen LogP contribution in [0.4, 0.5) is 13.2 Å². The van der Waals surface area contributed by atoms with Gasteiger partial charge in [0.15, 0.2) is 5.96 Å². The molecule has 31 heavy (non-hydrogen) atoms. The van der Waals surface area contributed by atoms with Crippen LogP contribution in [-0.2, 0) is 11.3 Å². The summed E-state index contributed by atoms with van der Waals surface area (Å²) in [6.45, 7) is 4.19. The Morgan fingerprint density at radius 3 is 2.68 bits per heavy atom. The summed E-state index contributed by atoms with van der Waals surface area (Å²) in [6, 6.07) is 10.7. The number of guanidine groups is 1. The maximum atomic E-state index is 12.4. The van der Waals surface area contributed by atoms with Gasteiger partial charge in [0.05, 0.1) is 25.3 Å². The zero-order valence-electron chi connectivity index (χ0n) is 18.1. The molecule has 0 spiro atoms. The van der Waals surface area contributed by atoms with Crippen LogP contribution in [-0.4, -0.2) is 99.0 Å². The van der Waals surface area contributed by atoms with Crippen LogP contribution in [0, 0.1) is 0 Å². The molecular formula is C21H33F3IN5O. The van der Waals surface area contributed by atoms with E-state index < -0.39 is 12.7 Å². The second-order valence-electron chi connectivity index (χ2n) is 8.02. The second-order valence-corrected chi connectivity index (χ2v) is 8.02. The number of nitrogens with one attached hydrogen (secondary N) is 1. The second kappa shape index (κ2) is 12.2. The number of fused-ring (bicyclic) bond motifs is 1. The van der Waals surface area contributed by atoms with Gasteiger partial charge in [-0.25, -0.2) is 0 Å². The molecular weight excluding hydrogens is 522 g/mol. The number of likely N-dealkylation sites (tertiary alicyclic amines) is 1. The van der Waals surface area contributed by atoms with Crippen molar-refractivity contribution < 1.29 is 17.9 Å². The van der Waals surface area contributed by atoms with Crippen molar-refractivity contribution in [3.8, 4) is 0 Å². The van der Waals surface area contributed by atoms with Crippen LogP contribution >= 0.6 is 24.0 Å². The van der Waals surface area contributed by atoms with Crippen molar-refractivity contribution in [2.45, 2.75) is 31.3 Å². The number of halogens is 4. The fraction of sp³-hybridized carbons (Fsp3) is 0.667. The van der Waals surface area contributed by atoms with Crippen LogP contribution in [0.15, 0.2) is 35.3 Å². The number of benzene rings is 1. The van der Waals surface area contributed by atoms with Gasteiger partial charge in [-0.3, -0.25) is 14.8 Å². The normalized spacial score (nSPS) is 22.4. The lowest BCUT2D eigenvalue weighted by Gasteiger charge is -2.36. The molecule has 2 aliphatic heterocycles. The van der Waals surface area contributed by atoms with Gasteiger partial charge in [-0.2, -0.15) is 13.2 Å². The van der Waals surface area contributed by atoms with E-state index in [2.05, 4.69) is 44.4 Å². The van der Waals surface area contributed by atoms with E-state index in [9.17, 15) is 13.2 Å². The molecule has 2 unspecified atom stereocenters. The van der Waals surface area contributed by atoms with Crippen molar-refractivity contribution in [1.29, 1.82) is 0 Å². The van der Waals surface area contributed by atoms with Crippen molar-refractivity contribution in [1.82, 2.24) is 20.0 Å². The SMILES string of the molecule is CN=C(NCCCN(C)CC(F)(F)F)N1CC2OCCN(Cc3ccccc3)C2C1.I. The summed E-state index contributed by atoms with van der Waals surface area (Å²) < 4.78 is 43.3. The number of rotatable bonds is 7. The number of morpholine rings is 1. The first-order valence-corrected chi connectivity index (χ1v) is 10.5. The smallest absolute Gasteiger partial charge is 0.373 e. The molecule has 2 saturated heterocycles. The fourth-order valence-electron chi connectivity index (χ4n) is 4.21. The van der Waals surface area contributed by atoms with Crippen LogP contribution < -0.4 is 5.32 Å². The van der Waals surface area contributed by atoms with E-state index in [0.717, 1.165) is 38.7 Å². The van der Waals surface area contributed by atoms with Gasteiger partial charge in [-0.05, 0) is 25.6 Å². The van der Waals surface area contributed by atoms with E-state index in [1.54, 1.807) is 7.05 Å². The maximum absolute atomic E-state index is 12.4. The Labute approximate surface area is 199 Å². The molecule has 1 N–H and O–H groups in total. The van der Waals surface area contributed by atoms with Crippen LogP contribution in [0.5, 0.6) is 0 Å². The lowest BCUT2D eigenvalue weighted by molar-refractivity contribution is -0.143. The Morgan fingerprint density at radius 1 is 1.26 bits per heavy atom. The van der Waals surface area contributed by atoms with Crippen molar-refractivity contribution >= 4 is 29.9 Å². The van der Waals surface area contributed by atoms with Crippen LogP contribution in [0.2, 0.25) is 0 Å². The molecule has 0 aliphatic carbocycles. The highest BCUT2D eigenvalue weighted by Crippen LogP contribution is 2.24. The zero-order chi connectivity index (χ0) is 21.6. The molecule has 0 bridgehead atoms. The lowest BCUT2D eigenvalue weighted by atomic mass is 10.1. The van der Waals surface area contributed by atoms with E-state index in [1.807, 2.05) is 6.07 Å². The molecule has 2 aliphatic rings. The molecule has 2 heterocycles. The first-order valence-electron chi connectivity index (χ1n) is 10.5. The summed E-state index contributed by atoms with van der Waals surface area (Å²) >= 11 is 0. The van der Waals surface area contributed by atoms with Gasteiger partial charge in [-0.1, -0.05) is 30.3 Å². The monoisotopic (exact) mass is 555 g/mol. The number of hydrogen-bond donors (Lipinski definition) is 1. The molecule has 1 aromatic carbocycles. The molecule has 0 radical (unpaired) electrons. The van der Waals surface area contributed by atoms with Crippen molar-refractivity contribution in [2.75, 3.05) is 60.0 Å². The molecule has 0 saturated carbocycles. The highest BCUT2D eigenvalue weighted by Gasteiger charge is 2.41. The first kappa shape index (κ1) is 26.1. The zero-order valence-corrected chi connectivity index (χ0v) is 20.5. The Morgan fingerprint density at radius 2 is 2.00 bits per heavy atom. The summed E-state index contributed by atoms with van der Waals surface area (Å²) in [5.41, 5.74) is 1.29. The van der Waals surface area contributed by atoms with Gasteiger partial charge in [0.2, 0.25) is 0 Å². The minimum absolute atomic E-state index is 0. The molecule has 1 aromatic rings. The summed E-state index contributed by atoms with van der Waals surface area (Å²) in [5.74, 6) is 0.783. The van der Waals surface area contributed by atoms with E-state index in [4.69, 9.17) is 4.74 Å². The van der Waals surface area contributed by atoms with Gasteiger partial charge >= 0.3 is 6.18 Å². The van der Waals surface area contributed by atoms with Gasteiger partial charge in [0.25, 0.3) is 0 Å². The van der Waals surface area contributed by atoms with E-state index in [-0.39, 0.29) is 30.1 Å². The average molecular weight is 555 g/mol. The van der Waals surface area contributed by atoms with Gasteiger partial charge < -0.3 is 15.0 Å². The standard InChI is InChI=1S/C21H32F3N5O.HI/c1-25-20(26-9-6-10-27(2)16-21(22,23)24)29-14-18-19(15-29)30-12-11-28(18)13-17-7-4-3-5-8-17;/h3-5,7-8,18-19H,6,9-16H2,1-2H3,(H,25,26);1H. The van der Waals surface area contributed by atoms with E-state index in [0.29, 0.717) is 25.6 Å². The average Bonchev–Trinajstić information content (AvgIpc) is 3.12. The summed E-state index contributed by atoms with van der Waals surface area (Å²) in [7, 11) is 3.23. The molecule has 0 aromatic heterocycles. The van der Waals surface area contributed by atoms with E-state index in [1.165, 1.54) is 17.5 Å². The third-order valence-electron chi connectivity index (χ3n) is 5.61. The largest absolute Gasteiger partial charge is 0.401 e. The summed E-state index contributed by atoms with van der Waals surface area (Å²) in [4.78, 5) is 10.3. The Balaban J connectivity index is 0.00000341. The number of hydrogen-bond acceptors (Lipinski definition) is 4.